The Morgan fingerprint density at radius 1 is 0.786 bits per heavy atom. The van der Waals surface area contributed by atoms with E-state index in [0.29, 0.717) is 6.92 Å². The summed E-state index contributed by atoms with van der Waals surface area (Å²) in [5.41, 5.74) is -7.75. The Bertz CT molecular complexity index is 191. The molecule has 0 nitrogen and oxygen atoms in total. The van der Waals surface area contributed by atoms with Crippen molar-refractivity contribution in [2.75, 3.05) is 0 Å². The van der Waals surface area contributed by atoms with Crippen LogP contribution >= 0.6 is 37.0 Å². The van der Waals surface area contributed by atoms with Crippen LogP contribution < -0.4 is 0 Å². The number of hydrogen-bond acceptors (Lipinski definition) is 0. The highest BCUT2D eigenvalue weighted by Gasteiger charge is 2.67. The molecule has 0 aliphatic carbocycles. The lowest BCUT2D eigenvalue weighted by molar-refractivity contribution is -0.124. The molecule has 0 spiro atoms. The van der Waals surface area contributed by atoms with E-state index < -0.39 is 21.9 Å². The lowest BCUT2D eigenvalue weighted by atomic mass is 10.0. The Labute approximate surface area is 88.3 Å². The second kappa shape index (κ2) is 3.99. The predicted molar refractivity (Wildman–Crippen MR) is 61.0 cm³/mol. The molecule has 9 heteroatoms. The van der Waals surface area contributed by atoms with Crippen LogP contribution in [0.2, 0.25) is 0 Å². The number of hydrogen-bond donors (Lipinski definition) is 0. The van der Waals surface area contributed by atoms with Gasteiger partial charge in [0.25, 0.3) is 5.66 Å². The van der Waals surface area contributed by atoms with E-state index in [1.165, 1.54) is 18.5 Å². The summed E-state index contributed by atoms with van der Waals surface area (Å²) in [7, 11) is 4.65. The van der Waals surface area contributed by atoms with E-state index in [1.54, 1.807) is 0 Å². The second-order valence-corrected chi connectivity index (χ2v) is 6.97. The summed E-state index contributed by atoms with van der Waals surface area (Å²) in [4.78, 5) is 0. The topological polar surface area (TPSA) is 0 Å². The van der Waals surface area contributed by atoms with Gasteiger partial charge in [0, 0.05) is 0 Å². The molecule has 0 radical (unpaired) electrons. The van der Waals surface area contributed by atoms with E-state index in [9.17, 15) is 22.0 Å². The van der Waals surface area contributed by atoms with Crippen molar-refractivity contribution in [2.24, 2.45) is 0 Å². The number of alkyl halides is 5. The van der Waals surface area contributed by atoms with Crippen LogP contribution in [0.3, 0.4) is 0 Å². The first-order valence-electron chi connectivity index (χ1n) is 3.35. The van der Waals surface area contributed by atoms with Crippen LogP contribution in [0.15, 0.2) is 0 Å². The van der Waals surface area contributed by atoms with Crippen molar-refractivity contribution >= 4 is 37.0 Å². The highest BCUT2D eigenvalue weighted by Crippen LogP contribution is 2.59. The molecule has 0 rings (SSSR count). The second-order valence-electron chi connectivity index (χ2n) is 3.11. The van der Waals surface area contributed by atoms with Crippen molar-refractivity contribution in [3.63, 3.8) is 0 Å². The molecular formula is C5H11F5P4. The normalized spacial score (nSPS) is 22.7. The zero-order chi connectivity index (χ0) is 12.0. The van der Waals surface area contributed by atoms with Crippen LogP contribution in [0.25, 0.3) is 0 Å². The quantitative estimate of drug-likeness (QED) is 0.553. The van der Waals surface area contributed by atoms with Gasteiger partial charge >= 0.3 is 0 Å². The van der Waals surface area contributed by atoms with Gasteiger partial charge < -0.3 is 0 Å². The van der Waals surface area contributed by atoms with Crippen molar-refractivity contribution < 1.29 is 22.0 Å². The Morgan fingerprint density at radius 3 is 1.14 bits per heavy atom. The maximum atomic E-state index is 13.5. The molecule has 0 aliphatic rings. The van der Waals surface area contributed by atoms with Crippen LogP contribution in [0.5, 0.6) is 0 Å². The molecule has 0 N–H and O–H groups in total. The van der Waals surface area contributed by atoms with Crippen molar-refractivity contribution in [2.45, 2.75) is 28.8 Å². The van der Waals surface area contributed by atoms with E-state index in [2.05, 4.69) is 0 Å². The average Bonchev–Trinajstić information content (AvgIpc) is 1.81. The largest absolute Gasteiger partial charge is 0.295 e. The van der Waals surface area contributed by atoms with Crippen molar-refractivity contribution in [3.05, 3.63) is 0 Å². The molecule has 0 amide bonds. The highest BCUT2D eigenvalue weighted by atomic mass is 31.1. The molecule has 0 fully saturated rings. The SMILES string of the molecule is CC(F)(C(F)(F)P)C(F)(P)C(F)(P)P. The van der Waals surface area contributed by atoms with Crippen LogP contribution in [0, 0.1) is 0 Å². The molecule has 0 saturated heterocycles. The fourth-order valence-electron chi connectivity index (χ4n) is 0.602. The van der Waals surface area contributed by atoms with Gasteiger partial charge in [-0.15, -0.1) is 0 Å². The Morgan fingerprint density at radius 2 is 1.07 bits per heavy atom. The Balaban J connectivity index is 5.30. The maximum Gasteiger partial charge on any atom is 0.295 e. The average molecular weight is 290 g/mol. The van der Waals surface area contributed by atoms with E-state index in [-0.39, 0.29) is 0 Å². The monoisotopic (exact) mass is 290 g/mol. The van der Waals surface area contributed by atoms with Gasteiger partial charge in [0.15, 0.2) is 5.15 Å². The molecule has 14 heavy (non-hydrogen) atoms. The summed E-state index contributed by atoms with van der Waals surface area (Å²) >= 11 is 0. The van der Waals surface area contributed by atoms with Gasteiger partial charge in [0.2, 0.25) is 11.1 Å². The van der Waals surface area contributed by atoms with Gasteiger partial charge in [-0.1, -0.05) is 37.0 Å². The lowest BCUT2D eigenvalue weighted by Crippen LogP contribution is -2.57. The van der Waals surface area contributed by atoms with E-state index >= 15 is 0 Å². The maximum absolute atomic E-state index is 13.5. The number of halogens is 5. The smallest absolute Gasteiger partial charge is 0.233 e. The summed E-state index contributed by atoms with van der Waals surface area (Å²) < 4.78 is 65.5. The Kier molecular flexibility index (Phi) is 4.38. The molecule has 0 aliphatic heterocycles. The fourth-order valence-corrected chi connectivity index (χ4v) is 1.71. The molecule has 6 atom stereocenters. The fraction of sp³-hybridized carbons (Fsp3) is 1.00. The first-order chi connectivity index (χ1) is 5.75. The summed E-state index contributed by atoms with van der Waals surface area (Å²) in [5.74, 6) is 0. The van der Waals surface area contributed by atoms with Crippen molar-refractivity contribution in [1.29, 1.82) is 0 Å². The first kappa shape index (κ1) is 15.4. The summed E-state index contributed by atoms with van der Waals surface area (Å²) in [6, 6.07) is 0. The summed E-state index contributed by atoms with van der Waals surface area (Å²) in [5, 5.41) is -6.35. The third kappa shape index (κ3) is 2.54. The minimum absolute atomic E-state index is 0.301. The summed E-state index contributed by atoms with van der Waals surface area (Å²) in [6.07, 6.45) is 0. The molecule has 0 aromatic heterocycles. The van der Waals surface area contributed by atoms with E-state index in [1.807, 2.05) is 0 Å². The van der Waals surface area contributed by atoms with Gasteiger partial charge in [-0.05, 0) is 6.92 Å². The lowest BCUT2D eigenvalue weighted by Gasteiger charge is -2.42. The molecule has 86 valence electrons. The molecule has 0 bridgehead atoms. The molecule has 0 heterocycles. The predicted octanol–water partition coefficient (Wildman–Crippen LogP) is 3.10. The van der Waals surface area contributed by atoms with Gasteiger partial charge in [0.05, 0.1) is 0 Å². The standard InChI is InChI=1S/C5H11F5P4/c1-2(6,4(8,9)12)3(7,11)5(10,13)14/h11-14H2,1H3. The zero-order valence-corrected chi connectivity index (χ0v) is 11.8. The summed E-state index contributed by atoms with van der Waals surface area (Å²) in [6.45, 7) is 0.301. The van der Waals surface area contributed by atoms with E-state index in [4.69, 9.17) is 0 Å². The molecule has 0 aromatic rings. The van der Waals surface area contributed by atoms with Crippen molar-refractivity contribution in [3.8, 4) is 0 Å². The third-order valence-electron chi connectivity index (χ3n) is 1.87. The molecule has 0 aromatic carbocycles. The van der Waals surface area contributed by atoms with Crippen LogP contribution in [0.4, 0.5) is 22.0 Å². The minimum atomic E-state index is -4.08. The Hall–Kier alpha value is 1.37. The zero-order valence-electron chi connectivity index (χ0n) is 7.20. The van der Waals surface area contributed by atoms with Crippen molar-refractivity contribution in [1.82, 2.24) is 0 Å². The highest BCUT2D eigenvalue weighted by molar-refractivity contribution is 7.41. The number of rotatable bonds is 3. The van der Waals surface area contributed by atoms with Crippen LogP contribution in [-0.4, -0.2) is 21.9 Å². The van der Waals surface area contributed by atoms with Gasteiger partial charge in [-0.25, -0.2) is 13.2 Å². The van der Waals surface area contributed by atoms with E-state index in [0.717, 1.165) is 18.5 Å². The van der Waals surface area contributed by atoms with Gasteiger partial charge in [-0.3, -0.25) is 0 Å². The molecule has 0 saturated carbocycles. The third-order valence-corrected chi connectivity index (χ3v) is 4.90. The first-order valence-corrected chi connectivity index (χ1v) is 5.66. The molecule has 6 unspecified atom stereocenters. The van der Waals surface area contributed by atoms with Crippen LogP contribution in [-0.2, 0) is 0 Å². The van der Waals surface area contributed by atoms with Gasteiger partial charge in [0.1, 0.15) is 0 Å². The molecular weight excluding hydrogens is 279 g/mol. The van der Waals surface area contributed by atoms with Gasteiger partial charge in [-0.2, -0.15) is 8.78 Å². The minimum Gasteiger partial charge on any atom is -0.233 e. The van der Waals surface area contributed by atoms with Crippen LogP contribution in [0.1, 0.15) is 6.92 Å².